The number of carbonyl (C=O) groups is 1. The van der Waals surface area contributed by atoms with Gasteiger partial charge in [0.2, 0.25) is 0 Å². The summed E-state index contributed by atoms with van der Waals surface area (Å²) in [5.74, 6) is 3.33. The summed E-state index contributed by atoms with van der Waals surface area (Å²) in [5.41, 5.74) is 0. The van der Waals surface area contributed by atoms with Crippen LogP contribution in [0, 0.1) is 11.8 Å². The first-order valence-corrected chi connectivity index (χ1v) is 9.60. The van der Waals surface area contributed by atoms with E-state index in [-0.39, 0.29) is 12.5 Å². The van der Waals surface area contributed by atoms with Crippen LogP contribution in [-0.2, 0) is 17.8 Å². The Morgan fingerprint density at radius 1 is 1.08 bits per heavy atom. The van der Waals surface area contributed by atoms with Crippen LogP contribution in [-0.4, -0.2) is 45.3 Å². The van der Waals surface area contributed by atoms with E-state index in [0.717, 1.165) is 56.4 Å². The zero-order valence-electron chi connectivity index (χ0n) is 15.1. The Hall–Kier alpha value is -2.37. The van der Waals surface area contributed by atoms with Crippen molar-refractivity contribution in [2.24, 2.45) is 11.8 Å². The van der Waals surface area contributed by atoms with E-state index in [9.17, 15) is 4.79 Å². The maximum absolute atomic E-state index is 12.4. The molecule has 1 saturated carbocycles. The molecule has 0 atom stereocenters. The Balaban J connectivity index is 1.22. The second-order valence-electron chi connectivity index (χ2n) is 7.47. The zero-order chi connectivity index (χ0) is 17.8. The number of carbonyl (C=O) groups excluding carboxylic acids is 1. The van der Waals surface area contributed by atoms with Crippen molar-refractivity contribution in [2.45, 2.75) is 38.6 Å². The summed E-state index contributed by atoms with van der Waals surface area (Å²) in [7, 11) is 0. The van der Waals surface area contributed by atoms with Gasteiger partial charge in [-0.3, -0.25) is 4.79 Å². The molecule has 2 fully saturated rings. The summed E-state index contributed by atoms with van der Waals surface area (Å²) < 4.78 is 7.80. The van der Waals surface area contributed by atoms with Crippen LogP contribution in [0.2, 0.25) is 0 Å². The number of hydrogen-bond donors (Lipinski definition) is 0. The normalized spacial score (nSPS) is 18.1. The minimum Gasteiger partial charge on any atom is -0.484 e. The Morgan fingerprint density at radius 3 is 2.58 bits per heavy atom. The van der Waals surface area contributed by atoms with E-state index in [1.54, 1.807) is 0 Å². The fraction of sp³-hybridized carbons (Fsp3) is 0.550. The highest BCUT2D eigenvalue weighted by atomic mass is 16.5. The van der Waals surface area contributed by atoms with E-state index in [4.69, 9.17) is 4.74 Å². The van der Waals surface area contributed by atoms with Crippen LogP contribution in [0.4, 0.5) is 0 Å². The Bertz CT molecular complexity index is 718. The van der Waals surface area contributed by atoms with Crippen molar-refractivity contribution in [2.75, 3.05) is 19.7 Å². The fourth-order valence-corrected chi connectivity index (χ4v) is 3.57. The molecule has 2 aliphatic rings. The van der Waals surface area contributed by atoms with E-state index in [0.29, 0.717) is 5.92 Å². The lowest BCUT2D eigenvalue weighted by Gasteiger charge is -2.31. The summed E-state index contributed by atoms with van der Waals surface area (Å²) in [5, 5.41) is 8.42. The summed E-state index contributed by atoms with van der Waals surface area (Å²) in [6.45, 7) is 2.79. The third-order valence-electron chi connectivity index (χ3n) is 5.39. The number of benzene rings is 1. The number of aromatic nitrogens is 3. The van der Waals surface area contributed by atoms with E-state index in [1.807, 2.05) is 41.6 Å². The van der Waals surface area contributed by atoms with Gasteiger partial charge in [0.15, 0.2) is 6.61 Å². The predicted octanol–water partition coefficient (Wildman–Crippen LogP) is 2.55. The minimum atomic E-state index is 0.0733. The standard InChI is InChI=1S/C20H26N4O2/c25-20(14-26-18-4-2-1-3-5-18)23-10-8-16(9-11-23)12-19-22-21-15-24(19)13-17-6-7-17/h1-5,15-17H,6-14H2. The first-order chi connectivity index (χ1) is 12.8. The maximum Gasteiger partial charge on any atom is 0.260 e. The van der Waals surface area contributed by atoms with Crippen molar-refractivity contribution >= 4 is 5.91 Å². The average Bonchev–Trinajstić information content (AvgIpc) is 3.40. The van der Waals surface area contributed by atoms with Crippen molar-refractivity contribution in [3.63, 3.8) is 0 Å². The smallest absolute Gasteiger partial charge is 0.260 e. The van der Waals surface area contributed by atoms with Gasteiger partial charge in [-0.05, 0) is 49.7 Å². The van der Waals surface area contributed by atoms with Gasteiger partial charge in [-0.15, -0.1) is 10.2 Å². The molecule has 1 aliphatic carbocycles. The van der Waals surface area contributed by atoms with Crippen molar-refractivity contribution in [3.05, 3.63) is 42.5 Å². The molecule has 26 heavy (non-hydrogen) atoms. The molecule has 0 N–H and O–H groups in total. The molecule has 6 nitrogen and oxygen atoms in total. The third-order valence-corrected chi connectivity index (χ3v) is 5.39. The van der Waals surface area contributed by atoms with Gasteiger partial charge in [0.1, 0.15) is 17.9 Å². The van der Waals surface area contributed by atoms with Gasteiger partial charge in [0.05, 0.1) is 0 Å². The minimum absolute atomic E-state index is 0.0733. The molecule has 1 amide bonds. The number of ether oxygens (including phenoxy) is 1. The van der Waals surface area contributed by atoms with Gasteiger partial charge >= 0.3 is 0 Å². The van der Waals surface area contributed by atoms with Gasteiger partial charge in [-0.1, -0.05) is 18.2 Å². The second-order valence-corrected chi connectivity index (χ2v) is 7.47. The summed E-state index contributed by atoms with van der Waals surface area (Å²) >= 11 is 0. The molecule has 2 aromatic rings. The molecule has 138 valence electrons. The van der Waals surface area contributed by atoms with Crippen LogP contribution in [0.3, 0.4) is 0 Å². The number of para-hydroxylation sites is 1. The Kier molecular flexibility index (Phi) is 5.18. The highest BCUT2D eigenvalue weighted by Gasteiger charge is 2.26. The molecule has 1 aliphatic heterocycles. The number of amides is 1. The molecule has 2 heterocycles. The molecule has 6 heteroatoms. The van der Waals surface area contributed by atoms with E-state index in [1.165, 1.54) is 12.8 Å². The quantitative estimate of drug-likeness (QED) is 0.767. The van der Waals surface area contributed by atoms with E-state index in [2.05, 4.69) is 14.8 Å². The van der Waals surface area contributed by atoms with Gasteiger partial charge in [0, 0.05) is 26.1 Å². The second kappa shape index (κ2) is 7.89. The molecular formula is C20H26N4O2. The first kappa shape index (κ1) is 17.1. The number of rotatable bonds is 7. The molecule has 0 radical (unpaired) electrons. The molecule has 1 saturated heterocycles. The zero-order valence-corrected chi connectivity index (χ0v) is 15.1. The summed E-state index contributed by atoms with van der Waals surface area (Å²) in [4.78, 5) is 14.3. The largest absolute Gasteiger partial charge is 0.484 e. The molecule has 1 aromatic carbocycles. The van der Waals surface area contributed by atoms with Crippen LogP contribution >= 0.6 is 0 Å². The van der Waals surface area contributed by atoms with Crippen LogP contribution in [0.1, 0.15) is 31.5 Å². The Morgan fingerprint density at radius 2 is 1.85 bits per heavy atom. The first-order valence-electron chi connectivity index (χ1n) is 9.60. The van der Waals surface area contributed by atoms with E-state index >= 15 is 0 Å². The van der Waals surface area contributed by atoms with Crippen LogP contribution in [0.5, 0.6) is 5.75 Å². The van der Waals surface area contributed by atoms with Gasteiger partial charge in [-0.2, -0.15) is 0 Å². The van der Waals surface area contributed by atoms with Crippen molar-refractivity contribution < 1.29 is 9.53 Å². The van der Waals surface area contributed by atoms with Crippen LogP contribution in [0.25, 0.3) is 0 Å². The highest BCUT2D eigenvalue weighted by Crippen LogP contribution is 2.31. The molecule has 0 bridgehead atoms. The number of nitrogens with zero attached hydrogens (tertiary/aromatic N) is 4. The molecular weight excluding hydrogens is 328 g/mol. The number of piperidine rings is 1. The van der Waals surface area contributed by atoms with Gasteiger partial charge < -0.3 is 14.2 Å². The number of hydrogen-bond acceptors (Lipinski definition) is 4. The number of likely N-dealkylation sites (tertiary alicyclic amines) is 1. The van der Waals surface area contributed by atoms with Crippen molar-refractivity contribution in [1.29, 1.82) is 0 Å². The molecule has 0 spiro atoms. The summed E-state index contributed by atoms with van der Waals surface area (Å²) in [6, 6.07) is 9.50. The van der Waals surface area contributed by atoms with Gasteiger partial charge in [0.25, 0.3) is 5.91 Å². The Labute approximate surface area is 154 Å². The lowest BCUT2D eigenvalue weighted by Crippen LogP contribution is -2.41. The van der Waals surface area contributed by atoms with Gasteiger partial charge in [-0.25, -0.2) is 0 Å². The third kappa shape index (κ3) is 4.42. The molecule has 1 aromatic heterocycles. The topological polar surface area (TPSA) is 60.2 Å². The van der Waals surface area contributed by atoms with Crippen molar-refractivity contribution in [1.82, 2.24) is 19.7 Å². The lowest BCUT2D eigenvalue weighted by atomic mass is 9.93. The highest BCUT2D eigenvalue weighted by molar-refractivity contribution is 5.77. The van der Waals surface area contributed by atoms with Crippen molar-refractivity contribution in [3.8, 4) is 5.75 Å². The van der Waals surface area contributed by atoms with Crippen LogP contribution < -0.4 is 4.74 Å². The summed E-state index contributed by atoms with van der Waals surface area (Å²) in [6.07, 6.45) is 7.55. The maximum atomic E-state index is 12.4. The monoisotopic (exact) mass is 354 g/mol. The fourth-order valence-electron chi connectivity index (χ4n) is 3.57. The van der Waals surface area contributed by atoms with E-state index < -0.39 is 0 Å². The lowest BCUT2D eigenvalue weighted by molar-refractivity contribution is -0.134. The SMILES string of the molecule is O=C(COc1ccccc1)N1CCC(Cc2nncn2CC2CC2)CC1. The van der Waals surface area contributed by atoms with Crippen LogP contribution in [0.15, 0.2) is 36.7 Å². The molecule has 0 unspecified atom stereocenters. The average molecular weight is 354 g/mol. The molecule has 4 rings (SSSR count). The predicted molar refractivity (Wildman–Crippen MR) is 97.7 cm³/mol.